The molecule has 6 nitrogen and oxygen atoms in total. The van der Waals surface area contributed by atoms with Crippen LogP contribution in [-0.2, 0) is 16.2 Å². The summed E-state index contributed by atoms with van der Waals surface area (Å²) in [6.45, 7) is 2.51. The number of carbonyl (C=O) groups excluding carboxylic acids is 2. The maximum Gasteiger partial charge on any atom is 0.263 e. The fraction of sp³-hybridized carbons (Fsp3) is 0.150. The first-order valence-electron chi connectivity index (χ1n) is 8.60. The number of benzene rings is 2. The molecule has 0 aromatic heterocycles. The predicted molar refractivity (Wildman–Crippen MR) is 118 cm³/mol. The number of ether oxygens (including phenoxy) is 2. The number of nitrogens with one attached hydrogen (secondary N) is 2. The van der Waals surface area contributed by atoms with Gasteiger partial charge in [-0.05, 0) is 64.9 Å². The molecular weight excluding hydrogens is 480 g/mol. The van der Waals surface area contributed by atoms with Gasteiger partial charge in [0.15, 0.2) is 16.6 Å². The molecule has 1 heterocycles. The smallest absolute Gasteiger partial charge is 0.263 e. The van der Waals surface area contributed by atoms with Gasteiger partial charge in [-0.15, -0.1) is 0 Å². The minimum atomic E-state index is -0.563. The van der Waals surface area contributed by atoms with Crippen molar-refractivity contribution in [2.75, 3.05) is 6.61 Å². The third kappa shape index (κ3) is 5.14. The second-order valence-electron chi connectivity index (χ2n) is 5.94. The first-order chi connectivity index (χ1) is 13.9. The van der Waals surface area contributed by atoms with Crippen LogP contribution in [0.15, 0.2) is 46.4 Å². The maximum absolute atomic E-state index is 12.1. The Morgan fingerprint density at radius 2 is 1.83 bits per heavy atom. The van der Waals surface area contributed by atoms with Crippen LogP contribution in [0.2, 0.25) is 5.02 Å². The van der Waals surface area contributed by atoms with Crippen molar-refractivity contribution in [3.05, 3.63) is 62.6 Å². The number of hydrogen-bond acceptors (Lipinski definition) is 5. The third-order valence-corrected chi connectivity index (χ3v) is 5.08. The Morgan fingerprint density at radius 1 is 1.14 bits per heavy atom. The Kier molecular flexibility index (Phi) is 6.89. The van der Waals surface area contributed by atoms with Crippen molar-refractivity contribution in [2.24, 2.45) is 0 Å². The Labute approximate surface area is 186 Å². The molecule has 1 fully saturated rings. The summed E-state index contributed by atoms with van der Waals surface area (Å²) < 4.78 is 12.2. The zero-order chi connectivity index (χ0) is 21.0. The zero-order valence-corrected chi connectivity index (χ0v) is 18.4. The highest BCUT2D eigenvalue weighted by atomic mass is 79.9. The molecule has 9 heteroatoms. The molecule has 150 valence electrons. The van der Waals surface area contributed by atoms with Crippen LogP contribution in [0.5, 0.6) is 11.5 Å². The van der Waals surface area contributed by atoms with E-state index in [9.17, 15) is 9.59 Å². The molecule has 2 aromatic rings. The van der Waals surface area contributed by atoms with Crippen LogP contribution in [0.4, 0.5) is 0 Å². The predicted octanol–water partition coefficient (Wildman–Crippen LogP) is 3.99. The molecule has 2 N–H and O–H groups in total. The molecular formula is C20H16BrClN2O4S. The molecule has 3 rings (SSSR count). The second-order valence-corrected chi connectivity index (χ2v) is 7.61. The van der Waals surface area contributed by atoms with Crippen LogP contribution in [0.25, 0.3) is 6.08 Å². The summed E-state index contributed by atoms with van der Waals surface area (Å²) >= 11 is 14.5. The van der Waals surface area contributed by atoms with E-state index in [2.05, 4.69) is 26.6 Å². The fourth-order valence-corrected chi connectivity index (χ4v) is 3.56. The number of thiocarbonyl (C=S) groups is 1. The van der Waals surface area contributed by atoms with E-state index in [0.29, 0.717) is 33.2 Å². The summed E-state index contributed by atoms with van der Waals surface area (Å²) in [7, 11) is 0. The number of rotatable bonds is 6. The summed E-state index contributed by atoms with van der Waals surface area (Å²) in [6.07, 6.45) is 1.46. The molecule has 0 aliphatic carbocycles. The molecule has 0 radical (unpaired) electrons. The lowest BCUT2D eigenvalue weighted by molar-refractivity contribution is -0.123. The first kappa shape index (κ1) is 21.3. The molecule has 0 atom stereocenters. The van der Waals surface area contributed by atoms with Crippen molar-refractivity contribution in [2.45, 2.75) is 13.5 Å². The highest BCUT2D eigenvalue weighted by Crippen LogP contribution is 2.38. The average molecular weight is 496 g/mol. The Morgan fingerprint density at radius 3 is 2.48 bits per heavy atom. The Hall–Kier alpha value is -2.42. The van der Waals surface area contributed by atoms with E-state index in [0.717, 1.165) is 5.56 Å². The third-order valence-electron chi connectivity index (χ3n) is 3.92. The molecule has 2 aromatic carbocycles. The van der Waals surface area contributed by atoms with E-state index in [-0.39, 0.29) is 17.3 Å². The van der Waals surface area contributed by atoms with E-state index in [1.807, 2.05) is 25.1 Å². The molecule has 2 amide bonds. The van der Waals surface area contributed by atoms with Crippen molar-refractivity contribution in [1.82, 2.24) is 10.6 Å². The zero-order valence-electron chi connectivity index (χ0n) is 15.3. The van der Waals surface area contributed by atoms with E-state index in [1.54, 1.807) is 18.2 Å². The van der Waals surface area contributed by atoms with E-state index in [4.69, 9.17) is 33.3 Å². The minimum absolute atomic E-state index is 0.0170. The van der Waals surface area contributed by atoms with Crippen molar-refractivity contribution < 1.29 is 19.1 Å². The molecule has 1 aliphatic rings. The summed E-state index contributed by atoms with van der Waals surface area (Å²) in [5, 5.41) is 5.39. The van der Waals surface area contributed by atoms with Gasteiger partial charge < -0.3 is 9.47 Å². The minimum Gasteiger partial charge on any atom is -0.490 e. The molecule has 0 bridgehead atoms. The highest BCUT2D eigenvalue weighted by Gasteiger charge is 2.26. The SMILES string of the molecule is CCOc1cc(C=C2C(=O)NC(=S)NC2=O)cc(Br)c1OCc1ccccc1Cl. The standard InChI is InChI=1S/C20H16BrClN2O4S/c1-2-27-16-9-11(7-13-18(25)23-20(29)24-19(13)26)8-14(21)17(16)28-10-12-5-3-4-6-15(12)22/h3-9H,2,10H2,1H3,(H2,23,24,25,26,29). The monoisotopic (exact) mass is 494 g/mol. The topological polar surface area (TPSA) is 76.7 Å². The Bertz CT molecular complexity index is 1000. The van der Waals surface area contributed by atoms with Crippen LogP contribution in [0.3, 0.4) is 0 Å². The summed E-state index contributed by atoms with van der Waals surface area (Å²) in [4.78, 5) is 24.1. The normalized spacial score (nSPS) is 13.6. The van der Waals surface area contributed by atoms with Crippen LogP contribution < -0.4 is 20.1 Å². The lowest BCUT2D eigenvalue weighted by Crippen LogP contribution is -2.51. The van der Waals surface area contributed by atoms with Crippen molar-refractivity contribution in [3.63, 3.8) is 0 Å². The van der Waals surface area contributed by atoms with Gasteiger partial charge in [-0.3, -0.25) is 20.2 Å². The van der Waals surface area contributed by atoms with Gasteiger partial charge >= 0.3 is 0 Å². The van der Waals surface area contributed by atoms with Gasteiger partial charge in [-0.1, -0.05) is 29.8 Å². The molecule has 1 aliphatic heterocycles. The molecule has 1 saturated heterocycles. The van der Waals surface area contributed by atoms with E-state index in [1.165, 1.54) is 6.08 Å². The van der Waals surface area contributed by atoms with Gasteiger partial charge in [0, 0.05) is 10.6 Å². The number of hydrogen-bond donors (Lipinski definition) is 2. The van der Waals surface area contributed by atoms with Gasteiger partial charge in [-0.2, -0.15) is 0 Å². The first-order valence-corrected chi connectivity index (χ1v) is 10.2. The molecule has 0 saturated carbocycles. The summed E-state index contributed by atoms with van der Waals surface area (Å²) in [5.41, 5.74) is 1.36. The van der Waals surface area contributed by atoms with Gasteiger partial charge in [0.1, 0.15) is 12.2 Å². The van der Waals surface area contributed by atoms with Gasteiger partial charge in [0.2, 0.25) is 0 Å². The van der Waals surface area contributed by atoms with Crippen LogP contribution >= 0.6 is 39.7 Å². The number of carbonyl (C=O) groups is 2. The van der Waals surface area contributed by atoms with Crippen molar-refractivity contribution in [1.29, 1.82) is 0 Å². The van der Waals surface area contributed by atoms with Crippen LogP contribution in [-0.4, -0.2) is 23.5 Å². The van der Waals surface area contributed by atoms with E-state index >= 15 is 0 Å². The molecule has 0 spiro atoms. The van der Waals surface area contributed by atoms with Crippen LogP contribution in [0, 0.1) is 0 Å². The maximum atomic E-state index is 12.1. The Balaban J connectivity index is 1.91. The number of amides is 2. The quantitative estimate of drug-likeness (QED) is 0.360. The average Bonchev–Trinajstić information content (AvgIpc) is 2.65. The van der Waals surface area contributed by atoms with E-state index < -0.39 is 11.8 Å². The largest absolute Gasteiger partial charge is 0.490 e. The lowest BCUT2D eigenvalue weighted by atomic mass is 10.1. The van der Waals surface area contributed by atoms with Gasteiger partial charge in [-0.25, -0.2) is 0 Å². The van der Waals surface area contributed by atoms with Gasteiger partial charge in [0.05, 0.1) is 11.1 Å². The molecule has 29 heavy (non-hydrogen) atoms. The fourth-order valence-electron chi connectivity index (χ4n) is 2.61. The van der Waals surface area contributed by atoms with Crippen LogP contribution in [0.1, 0.15) is 18.1 Å². The van der Waals surface area contributed by atoms with Crippen molar-refractivity contribution >= 4 is 62.8 Å². The molecule has 0 unspecified atom stereocenters. The summed E-state index contributed by atoms with van der Waals surface area (Å²) in [6, 6.07) is 10.8. The lowest BCUT2D eigenvalue weighted by Gasteiger charge is -2.17. The summed E-state index contributed by atoms with van der Waals surface area (Å²) in [5.74, 6) is -0.167. The number of halogens is 2. The second kappa shape index (κ2) is 9.39. The van der Waals surface area contributed by atoms with Crippen molar-refractivity contribution in [3.8, 4) is 11.5 Å². The van der Waals surface area contributed by atoms with Gasteiger partial charge in [0.25, 0.3) is 11.8 Å². The highest BCUT2D eigenvalue weighted by molar-refractivity contribution is 9.10.